The summed E-state index contributed by atoms with van der Waals surface area (Å²) < 4.78 is 0. The molecule has 1 aromatic carbocycles. The van der Waals surface area contributed by atoms with Crippen molar-refractivity contribution in [3.05, 3.63) is 29.3 Å². The molecule has 0 bridgehead atoms. The molecule has 1 aromatic heterocycles. The standard InChI is InChI=1S/C24H33ClN4O/c1-26-15-6-16-28(2)22-14-11-19-21(27-22)13-12-20(25)23(19)29(24(30)17-9-10-17)18-7-4-3-5-8-18/h11-14,17-18,26H,3-10,15-16H2,1-2H3. The lowest BCUT2D eigenvalue weighted by Gasteiger charge is -2.36. The number of halogens is 1. The number of amides is 1. The minimum Gasteiger partial charge on any atom is -0.360 e. The molecule has 5 nitrogen and oxygen atoms in total. The van der Waals surface area contributed by atoms with Crippen LogP contribution in [0.4, 0.5) is 11.5 Å². The number of nitrogens with one attached hydrogen (secondary N) is 1. The highest BCUT2D eigenvalue weighted by Crippen LogP contribution is 2.42. The molecule has 0 saturated heterocycles. The summed E-state index contributed by atoms with van der Waals surface area (Å²) in [6, 6.07) is 8.30. The second-order valence-corrected chi connectivity index (χ2v) is 9.19. The van der Waals surface area contributed by atoms with Gasteiger partial charge in [-0.15, -0.1) is 0 Å². The lowest BCUT2D eigenvalue weighted by molar-refractivity contribution is -0.120. The Bertz CT molecular complexity index is 892. The molecule has 6 heteroatoms. The third-order valence-electron chi connectivity index (χ3n) is 6.44. The summed E-state index contributed by atoms with van der Waals surface area (Å²) in [7, 11) is 4.05. The van der Waals surface area contributed by atoms with Gasteiger partial charge in [0.25, 0.3) is 0 Å². The SMILES string of the molecule is CNCCCN(C)c1ccc2c(N(C(=O)C3CC3)C3CCCCC3)c(Cl)ccc2n1. The van der Waals surface area contributed by atoms with Crippen molar-refractivity contribution in [2.24, 2.45) is 5.92 Å². The Morgan fingerprint density at radius 2 is 1.90 bits per heavy atom. The predicted octanol–water partition coefficient (Wildman–Crippen LogP) is 5.01. The number of pyridine rings is 1. The zero-order valence-corrected chi connectivity index (χ0v) is 18.9. The average Bonchev–Trinajstić information content (AvgIpc) is 3.61. The quantitative estimate of drug-likeness (QED) is 0.600. The van der Waals surface area contributed by atoms with E-state index in [1.807, 2.05) is 19.2 Å². The van der Waals surface area contributed by atoms with Crippen LogP contribution < -0.4 is 15.1 Å². The number of hydrogen-bond donors (Lipinski definition) is 1. The first-order valence-corrected chi connectivity index (χ1v) is 11.8. The van der Waals surface area contributed by atoms with Gasteiger partial charge < -0.3 is 15.1 Å². The van der Waals surface area contributed by atoms with E-state index in [0.29, 0.717) is 5.02 Å². The first-order valence-electron chi connectivity index (χ1n) is 11.4. The topological polar surface area (TPSA) is 48.5 Å². The summed E-state index contributed by atoms with van der Waals surface area (Å²) in [5, 5.41) is 4.82. The number of carbonyl (C=O) groups excluding carboxylic acids is 1. The van der Waals surface area contributed by atoms with Crippen LogP contribution in [0, 0.1) is 5.92 Å². The molecule has 2 aliphatic carbocycles. The van der Waals surface area contributed by atoms with Crippen molar-refractivity contribution in [3.8, 4) is 0 Å². The van der Waals surface area contributed by atoms with Crippen molar-refractivity contribution in [1.82, 2.24) is 10.3 Å². The largest absolute Gasteiger partial charge is 0.360 e. The van der Waals surface area contributed by atoms with Gasteiger partial charge in [-0.1, -0.05) is 30.9 Å². The van der Waals surface area contributed by atoms with Crippen molar-refractivity contribution >= 4 is 39.9 Å². The van der Waals surface area contributed by atoms with Crippen molar-refractivity contribution in [3.63, 3.8) is 0 Å². The Morgan fingerprint density at radius 3 is 2.60 bits per heavy atom. The number of nitrogens with zero attached hydrogens (tertiary/aromatic N) is 3. The Hall–Kier alpha value is -1.85. The zero-order chi connectivity index (χ0) is 21.1. The number of aromatic nitrogens is 1. The van der Waals surface area contributed by atoms with E-state index in [-0.39, 0.29) is 17.9 Å². The van der Waals surface area contributed by atoms with E-state index in [2.05, 4.69) is 34.3 Å². The number of carbonyl (C=O) groups is 1. The maximum atomic E-state index is 13.4. The van der Waals surface area contributed by atoms with Gasteiger partial charge in [0.05, 0.1) is 16.2 Å². The molecular formula is C24H33ClN4O. The van der Waals surface area contributed by atoms with Gasteiger partial charge in [0, 0.05) is 30.9 Å². The van der Waals surface area contributed by atoms with E-state index in [1.165, 1.54) is 19.3 Å². The van der Waals surface area contributed by atoms with Gasteiger partial charge in [-0.2, -0.15) is 0 Å². The van der Waals surface area contributed by atoms with E-state index in [4.69, 9.17) is 16.6 Å². The highest BCUT2D eigenvalue weighted by Gasteiger charge is 2.38. The fourth-order valence-electron chi connectivity index (χ4n) is 4.56. The number of anilines is 2. The van der Waals surface area contributed by atoms with Crippen molar-refractivity contribution in [2.75, 3.05) is 37.0 Å². The molecule has 162 valence electrons. The van der Waals surface area contributed by atoms with Crippen LogP contribution >= 0.6 is 11.6 Å². The second kappa shape index (κ2) is 9.52. The van der Waals surface area contributed by atoms with Gasteiger partial charge in [0.1, 0.15) is 5.82 Å². The fraction of sp³-hybridized carbons (Fsp3) is 0.583. The van der Waals surface area contributed by atoms with Gasteiger partial charge >= 0.3 is 0 Å². The smallest absolute Gasteiger partial charge is 0.230 e. The van der Waals surface area contributed by atoms with Crippen LogP contribution in [0.1, 0.15) is 51.4 Å². The summed E-state index contributed by atoms with van der Waals surface area (Å²) in [6.45, 7) is 1.92. The van der Waals surface area contributed by atoms with Crippen LogP contribution in [0.3, 0.4) is 0 Å². The van der Waals surface area contributed by atoms with Gasteiger partial charge in [0.2, 0.25) is 5.91 Å². The third-order valence-corrected chi connectivity index (χ3v) is 6.74. The van der Waals surface area contributed by atoms with Gasteiger partial charge in [-0.3, -0.25) is 4.79 Å². The lowest BCUT2D eigenvalue weighted by atomic mass is 9.93. The number of rotatable bonds is 8. The Morgan fingerprint density at radius 1 is 1.13 bits per heavy atom. The maximum Gasteiger partial charge on any atom is 0.230 e. The predicted molar refractivity (Wildman–Crippen MR) is 126 cm³/mol. The monoisotopic (exact) mass is 428 g/mol. The molecule has 0 aliphatic heterocycles. The summed E-state index contributed by atoms with van der Waals surface area (Å²) in [6.07, 6.45) is 8.81. The Kier molecular flexibility index (Phi) is 6.79. The van der Waals surface area contributed by atoms with E-state index in [0.717, 1.165) is 67.6 Å². The molecule has 0 unspecified atom stereocenters. The molecule has 2 fully saturated rings. The summed E-state index contributed by atoms with van der Waals surface area (Å²) in [4.78, 5) is 22.5. The van der Waals surface area contributed by atoms with Crippen LogP contribution in [-0.4, -0.2) is 44.1 Å². The Balaban J connectivity index is 1.70. The minimum absolute atomic E-state index is 0.170. The van der Waals surface area contributed by atoms with Crippen LogP contribution in [-0.2, 0) is 4.79 Å². The Labute approximate surface area is 184 Å². The van der Waals surface area contributed by atoms with Gasteiger partial charge in [-0.25, -0.2) is 4.98 Å². The molecule has 2 saturated carbocycles. The normalized spacial score (nSPS) is 17.3. The molecule has 0 spiro atoms. The van der Waals surface area contributed by atoms with Crippen LogP contribution in [0.25, 0.3) is 10.9 Å². The highest BCUT2D eigenvalue weighted by molar-refractivity contribution is 6.35. The van der Waals surface area contributed by atoms with Crippen LogP contribution in [0.2, 0.25) is 5.02 Å². The molecule has 1 heterocycles. The summed E-state index contributed by atoms with van der Waals surface area (Å²) in [5.41, 5.74) is 1.77. The lowest BCUT2D eigenvalue weighted by Crippen LogP contribution is -2.43. The molecule has 0 radical (unpaired) electrons. The maximum absolute atomic E-state index is 13.4. The van der Waals surface area contributed by atoms with E-state index >= 15 is 0 Å². The first-order chi connectivity index (χ1) is 14.6. The number of fused-ring (bicyclic) bond motifs is 1. The molecule has 2 aromatic rings. The fourth-order valence-corrected chi connectivity index (χ4v) is 4.81. The highest BCUT2D eigenvalue weighted by atomic mass is 35.5. The molecule has 1 amide bonds. The van der Waals surface area contributed by atoms with Gasteiger partial charge in [0.15, 0.2) is 0 Å². The molecular weight excluding hydrogens is 396 g/mol. The molecule has 4 rings (SSSR count). The molecule has 30 heavy (non-hydrogen) atoms. The van der Waals surface area contributed by atoms with Crippen LogP contribution in [0.5, 0.6) is 0 Å². The second-order valence-electron chi connectivity index (χ2n) is 8.79. The van der Waals surface area contributed by atoms with Crippen LogP contribution in [0.15, 0.2) is 24.3 Å². The minimum atomic E-state index is 0.170. The van der Waals surface area contributed by atoms with Gasteiger partial charge in [-0.05, 0) is 70.0 Å². The summed E-state index contributed by atoms with van der Waals surface area (Å²) >= 11 is 6.73. The van der Waals surface area contributed by atoms with Crippen molar-refractivity contribution in [1.29, 1.82) is 0 Å². The van der Waals surface area contributed by atoms with E-state index in [9.17, 15) is 4.79 Å². The zero-order valence-electron chi connectivity index (χ0n) is 18.2. The van der Waals surface area contributed by atoms with E-state index < -0.39 is 0 Å². The van der Waals surface area contributed by atoms with E-state index in [1.54, 1.807) is 0 Å². The third kappa shape index (κ3) is 4.57. The van der Waals surface area contributed by atoms with Crippen molar-refractivity contribution in [2.45, 2.75) is 57.4 Å². The van der Waals surface area contributed by atoms with Crippen molar-refractivity contribution < 1.29 is 4.79 Å². The number of hydrogen-bond acceptors (Lipinski definition) is 4. The molecule has 2 aliphatic rings. The number of benzene rings is 1. The molecule has 0 atom stereocenters. The average molecular weight is 429 g/mol. The summed E-state index contributed by atoms with van der Waals surface area (Å²) in [5.74, 6) is 1.37. The first kappa shape index (κ1) is 21.4. The molecule has 1 N–H and O–H groups in total.